The molecule has 0 aliphatic rings. The average molecular weight is 386 g/mol. The number of nitrogens with two attached hydrogens (primary N) is 1. The fourth-order valence-electron chi connectivity index (χ4n) is 3.00. The number of aromatic amines is 1. The lowest BCUT2D eigenvalue weighted by Crippen LogP contribution is -2.39. The number of methoxy groups -OCH3 is 1. The Balaban J connectivity index is 2.35. The average Bonchev–Trinajstić information content (AvgIpc) is 2.65. The van der Waals surface area contributed by atoms with Crippen molar-refractivity contribution >= 4 is 17.6 Å². The van der Waals surface area contributed by atoms with Gasteiger partial charge in [0.2, 0.25) is 0 Å². The molecule has 0 bridgehead atoms. The van der Waals surface area contributed by atoms with E-state index in [0.29, 0.717) is 31.9 Å². The van der Waals surface area contributed by atoms with E-state index in [9.17, 15) is 9.59 Å². The monoisotopic (exact) mass is 386 g/mol. The summed E-state index contributed by atoms with van der Waals surface area (Å²) in [6.07, 6.45) is 4.72. The maximum Gasteiger partial charge on any atom is 0.330 e. The molecule has 1 aromatic heterocycles. The van der Waals surface area contributed by atoms with Crippen molar-refractivity contribution in [2.75, 3.05) is 37.4 Å². The zero-order valence-corrected chi connectivity index (χ0v) is 16.9. The van der Waals surface area contributed by atoms with Gasteiger partial charge in [-0.25, -0.2) is 4.79 Å². The SMILES string of the molecule is COCCCN(C/C=C/c1ccccc1)c1c(N)n(CC(C)C)c(=O)[nH]c1=O. The first kappa shape index (κ1) is 21.5. The number of nitrogens with one attached hydrogen (secondary N) is 1. The molecule has 7 heteroatoms. The van der Waals surface area contributed by atoms with Gasteiger partial charge >= 0.3 is 5.69 Å². The van der Waals surface area contributed by atoms with Crippen LogP contribution in [-0.2, 0) is 11.3 Å². The third-order valence-electron chi connectivity index (χ3n) is 4.29. The molecule has 1 heterocycles. The minimum absolute atomic E-state index is 0.202. The van der Waals surface area contributed by atoms with Gasteiger partial charge in [-0.2, -0.15) is 0 Å². The van der Waals surface area contributed by atoms with E-state index in [2.05, 4.69) is 4.98 Å². The maximum absolute atomic E-state index is 12.6. The Morgan fingerprint density at radius 1 is 1.25 bits per heavy atom. The summed E-state index contributed by atoms with van der Waals surface area (Å²) in [5.41, 5.74) is 6.73. The quantitative estimate of drug-likeness (QED) is 0.611. The van der Waals surface area contributed by atoms with E-state index in [1.54, 1.807) is 7.11 Å². The van der Waals surface area contributed by atoms with Crippen LogP contribution in [0.15, 0.2) is 46.0 Å². The zero-order valence-electron chi connectivity index (χ0n) is 16.9. The molecule has 3 N–H and O–H groups in total. The summed E-state index contributed by atoms with van der Waals surface area (Å²) >= 11 is 0. The van der Waals surface area contributed by atoms with Crippen LogP contribution in [0.4, 0.5) is 11.5 Å². The molecule has 0 aliphatic carbocycles. The summed E-state index contributed by atoms with van der Waals surface area (Å²) in [5.74, 6) is 0.423. The van der Waals surface area contributed by atoms with E-state index in [4.69, 9.17) is 10.5 Å². The number of rotatable bonds is 10. The first-order valence-electron chi connectivity index (χ1n) is 9.52. The molecule has 0 radical (unpaired) electrons. The Bertz CT molecular complexity index is 885. The third kappa shape index (κ3) is 5.85. The Hall–Kier alpha value is -2.80. The van der Waals surface area contributed by atoms with E-state index in [1.807, 2.05) is 61.2 Å². The van der Waals surface area contributed by atoms with Gasteiger partial charge < -0.3 is 15.4 Å². The van der Waals surface area contributed by atoms with E-state index < -0.39 is 11.2 Å². The summed E-state index contributed by atoms with van der Waals surface area (Å²) < 4.78 is 6.58. The van der Waals surface area contributed by atoms with Gasteiger partial charge in [-0.15, -0.1) is 0 Å². The Morgan fingerprint density at radius 2 is 1.96 bits per heavy atom. The van der Waals surface area contributed by atoms with Gasteiger partial charge in [0, 0.05) is 33.4 Å². The lowest BCUT2D eigenvalue weighted by atomic mass is 10.2. The molecule has 0 aliphatic heterocycles. The number of hydrogen-bond donors (Lipinski definition) is 2. The van der Waals surface area contributed by atoms with Crippen LogP contribution in [0, 0.1) is 5.92 Å². The molecule has 7 nitrogen and oxygen atoms in total. The maximum atomic E-state index is 12.6. The second kappa shape index (κ2) is 10.5. The van der Waals surface area contributed by atoms with Crippen LogP contribution in [0.5, 0.6) is 0 Å². The molecule has 1 aromatic carbocycles. The van der Waals surface area contributed by atoms with Crippen LogP contribution in [-0.4, -0.2) is 36.4 Å². The largest absolute Gasteiger partial charge is 0.385 e. The molecule has 0 spiro atoms. The molecule has 2 rings (SSSR count). The molecule has 152 valence electrons. The van der Waals surface area contributed by atoms with Gasteiger partial charge in [0.15, 0.2) is 0 Å². The van der Waals surface area contributed by atoms with Crippen molar-refractivity contribution in [1.82, 2.24) is 9.55 Å². The first-order valence-corrected chi connectivity index (χ1v) is 9.52. The van der Waals surface area contributed by atoms with Crippen LogP contribution < -0.4 is 21.9 Å². The van der Waals surface area contributed by atoms with Crippen LogP contribution >= 0.6 is 0 Å². The highest BCUT2D eigenvalue weighted by atomic mass is 16.5. The van der Waals surface area contributed by atoms with Crippen LogP contribution in [0.25, 0.3) is 6.08 Å². The van der Waals surface area contributed by atoms with E-state index in [0.717, 1.165) is 12.0 Å². The van der Waals surface area contributed by atoms with Crippen molar-refractivity contribution < 1.29 is 4.74 Å². The van der Waals surface area contributed by atoms with Crippen LogP contribution in [0.3, 0.4) is 0 Å². The zero-order chi connectivity index (χ0) is 20.5. The highest BCUT2D eigenvalue weighted by Crippen LogP contribution is 2.18. The summed E-state index contributed by atoms with van der Waals surface area (Å²) in [5, 5.41) is 0. The third-order valence-corrected chi connectivity index (χ3v) is 4.29. The van der Waals surface area contributed by atoms with Gasteiger partial charge in [0.25, 0.3) is 5.56 Å². The lowest BCUT2D eigenvalue weighted by molar-refractivity contribution is 0.196. The van der Waals surface area contributed by atoms with Crippen molar-refractivity contribution in [2.24, 2.45) is 5.92 Å². The van der Waals surface area contributed by atoms with Crippen LogP contribution in [0.2, 0.25) is 0 Å². The number of hydrogen-bond acceptors (Lipinski definition) is 5. The van der Waals surface area contributed by atoms with Gasteiger partial charge in [0.1, 0.15) is 11.5 Å². The highest BCUT2D eigenvalue weighted by molar-refractivity contribution is 5.63. The fourth-order valence-corrected chi connectivity index (χ4v) is 3.00. The molecule has 0 saturated carbocycles. The summed E-state index contributed by atoms with van der Waals surface area (Å²) in [7, 11) is 1.64. The molecule has 28 heavy (non-hydrogen) atoms. The molecule has 0 atom stereocenters. The van der Waals surface area contributed by atoms with Crippen LogP contribution in [0.1, 0.15) is 25.8 Å². The molecular formula is C21H30N4O3. The molecule has 0 saturated heterocycles. The Labute approximate surface area is 165 Å². The minimum Gasteiger partial charge on any atom is -0.385 e. The number of aromatic nitrogens is 2. The molecule has 0 amide bonds. The summed E-state index contributed by atoms with van der Waals surface area (Å²) in [4.78, 5) is 29.1. The topological polar surface area (TPSA) is 93.3 Å². The standard InChI is InChI=1S/C21H30N4O3/c1-16(2)15-25-19(22)18(20(26)23-21(25)27)24(13-8-14-28-3)12-7-11-17-9-5-4-6-10-17/h4-7,9-11,16H,8,12-15,22H2,1-3H3,(H,23,26,27)/b11-7+. The molecule has 2 aromatic rings. The smallest absolute Gasteiger partial charge is 0.330 e. The first-order chi connectivity index (χ1) is 13.4. The number of H-pyrrole nitrogens is 1. The Kier molecular flexibility index (Phi) is 8.07. The number of nitrogens with zero attached hydrogens (tertiary/aromatic N) is 2. The lowest BCUT2D eigenvalue weighted by Gasteiger charge is -2.25. The highest BCUT2D eigenvalue weighted by Gasteiger charge is 2.18. The normalized spacial score (nSPS) is 11.4. The van der Waals surface area contributed by atoms with Crippen molar-refractivity contribution in [2.45, 2.75) is 26.8 Å². The van der Waals surface area contributed by atoms with E-state index in [-0.39, 0.29) is 11.7 Å². The fraction of sp³-hybridized carbons (Fsp3) is 0.429. The second-order valence-electron chi connectivity index (χ2n) is 7.10. The van der Waals surface area contributed by atoms with Gasteiger partial charge in [-0.1, -0.05) is 56.3 Å². The number of nitrogen functional groups attached to an aromatic ring is 1. The van der Waals surface area contributed by atoms with Gasteiger partial charge in [-0.05, 0) is 17.9 Å². The minimum atomic E-state index is -0.475. The van der Waals surface area contributed by atoms with Crippen molar-refractivity contribution in [1.29, 1.82) is 0 Å². The van der Waals surface area contributed by atoms with E-state index in [1.165, 1.54) is 4.57 Å². The van der Waals surface area contributed by atoms with Crippen molar-refractivity contribution in [3.63, 3.8) is 0 Å². The van der Waals surface area contributed by atoms with Crippen molar-refractivity contribution in [3.8, 4) is 0 Å². The summed E-state index contributed by atoms with van der Waals surface area (Å²) in [6, 6.07) is 9.93. The molecule has 0 unspecified atom stereocenters. The van der Waals surface area contributed by atoms with Crippen molar-refractivity contribution in [3.05, 3.63) is 62.8 Å². The molecule has 0 fully saturated rings. The number of anilines is 2. The second-order valence-corrected chi connectivity index (χ2v) is 7.10. The predicted molar refractivity (Wildman–Crippen MR) is 115 cm³/mol. The number of benzene rings is 1. The molecular weight excluding hydrogens is 356 g/mol. The Morgan fingerprint density at radius 3 is 2.61 bits per heavy atom. The number of ether oxygens (including phenoxy) is 1. The van der Waals surface area contributed by atoms with Gasteiger partial charge in [0.05, 0.1) is 0 Å². The van der Waals surface area contributed by atoms with Gasteiger partial charge in [-0.3, -0.25) is 14.3 Å². The summed E-state index contributed by atoms with van der Waals surface area (Å²) in [6.45, 7) is 6.08. The predicted octanol–water partition coefficient (Wildman–Crippen LogP) is 2.33. The van der Waals surface area contributed by atoms with E-state index >= 15 is 0 Å².